The molecule has 0 radical (unpaired) electrons. The lowest BCUT2D eigenvalue weighted by molar-refractivity contribution is -0.131. The fourth-order valence-corrected chi connectivity index (χ4v) is 4.99. The standard InChI is InChI=1S/C20H20ClN3OS/c21-16-6-2-1-5-15(16)19-9-10-23(11-12-26-19)20(25)13-24-14-22-17-7-3-4-8-18(17)24/h1-8,14,19H,9-13H2. The maximum atomic E-state index is 12.8. The number of amides is 1. The number of nitrogens with zero attached hydrogens (tertiary/aromatic N) is 3. The molecule has 0 N–H and O–H groups in total. The van der Waals surface area contributed by atoms with Gasteiger partial charge in [0.25, 0.3) is 0 Å². The first kappa shape index (κ1) is 17.4. The first-order valence-corrected chi connectivity index (χ1v) is 10.2. The Morgan fingerprint density at radius 3 is 2.85 bits per heavy atom. The summed E-state index contributed by atoms with van der Waals surface area (Å²) in [7, 11) is 0. The van der Waals surface area contributed by atoms with Crippen molar-refractivity contribution in [1.82, 2.24) is 14.5 Å². The second kappa shape index (κ2) is 7.72. The second-order valence-electron chi connectivity index (χ2n) is 6.41. The largest absolute Gasteiger partial charge is 0.340 e. The molecule has 1 fully saturated rings. The third-order valence-electron chi connectivity index (χ3n) is 4.78. The van der Waals surface area contributed by atoms with Gasteiger partial charge in [-0.3, -0.25) is 4.79 Å². The molecule has 0 bridgehead atoms. The molecular formula is C20H20ClN3OS. The minimum atomic E-state index is 0.147. The van der Waals surface area contributed by atoms with E-state index in [0.29, 0.717) is 11.8 Å². The van der Waals surface area contributed by atoms with E-state index in [1.165, 1.54) is 5.56 Å². The molecule has 0 spiro atoms. The second-order valence-corrected chi connectivity index (χ2v) is 8.13. The van der Waals surface area contributed by atoms with Gasteiger partial charge in [-0.25, -0.2) is 4.98 Å². The predicted molar refractivity (Wildman–Crippen MR) is 108 cm³/mol. The number of benzene rings is 2. The molecule has 0 saturated carbocycles. The van der Waals surface area contributed by atoms with Gasteiger partial charge in [0.2, 0.25) is 5.91 Å². The summed E-state index contributed by atoms with van der Waals surface area (Å²) < 4.78 is 1.93. The van der Waals surface area contributed by atoms with Crippen LogP contribution in [-0.2, 0) is 11.3 Å². The van der Waals surface area contributed by atoms with Gasteiger partial charge in [0.1, 0.15) is 6.54 Å². The summed E-state index contributed by atoms with van der Waals surface area (Å²) in [5.74, 6) is 1.07. The van der Waals surface area contributed by atoms with Crippen LogP contribution in [0.25, 0.3) is 11.0 Å². The van der Waals surface area contributed by atoms with Gasteiger partial charge in [-0.05, 0) is 30.2 Å². The van der Waals surface area contributed by atoms with Gasteiger partial charge < -0.3 is 9.47 Å². The minimum absolute atomic E-state index is 0.147. The van der Waals surface area contributed by atoms with Crippen molar-refractivity contribution >= 4 is 40.3 Å². The lowest BCUT2D eigenvalue weighted by Gasteiger charge is -2.21. The Morgan fingerprint density at radius 1 is 1.15 bits per heavy atom. The average Bonchev–Trinajstić information content (AvgIpc) is 2.90. The topological polar surface area (TPSA) is 38.1 Å². The number of carbonyl (C=O) groups is 1. The molecule has 1 atom stereocenters. The van der Waals surface area contributed by atoms with Crippen LogP contribution >= 0.6 is 23.4 Å². The Hall–Kier alpha value is -1.98. The molecule has 1 unspecified atom stereocenters. The van der Waals surface area contributed by atoms with Gasteiger partial charge in [0.05, 0.1) is 17.4 Å². The highest BCUT2D eigenvalue weighted by molar-refractivity contribution is 7.99. The van der Waals surface area contributed by atoms with E-state index in [4.69, 9.17) is 11.6 Å². The monoisotopic (exact) mass is 385 g/mol. The number of imidazole rings is 1. The van der Waals surface area contributed by atoms with Crippen LogP contribution < -0.4 is 0 Å². The molecule has 1 amide bonds. The van der Waals surface area contributed by atoms with E-state index < -0.39 is 0 Å². The molecule has 26 heavy (non-hydrogen) atoms. The Bertz CT molecular complexity index is 926. The van der Waals surface area contributed by atoms with E-state index >= 15 is 0 Å². The zero-order chi connectivity index (χ0) is 17.9. The predicted octanol–water partition coefficient (Wildman–Crippen LogP) is 4.40. The van der Waals surface area contributed by atoms with Crippen LogP contribution in [0.5, 0.6) is 0 Å². The van der Waals surface area contributed by atoms with Gasteiger partial charge >= 0.3 is 0 Å². The highest BCUT2D eigenvalue weighted by Crippen LogP contribution is 2.37. The zero-order valence-electron chi connectivity index (χ0n) is 14.3. The van der Waals surface area contributed by atoms with Crippen LogP contribution in [0.3, 0.4) is 0 Å². The highest BCUT2D eigenvalue weighted by Gasteiger charge is 2.23. The smallest absolute Gasteiger partial charge is 0.242 e. The molecule has 1 aliphatic rings. The molecule has 2 aromatic carbocycles. The van der Waals surface area contributed by atoms with Crippen LogP contribution in [0.1, 0.15) is 17.2 Å². The number of hydrogen-bond donors (Lipinski definition) is 0. The number of rotatable bonds is 3. The van der Waals surface area contributed by atoms with Gasteiger partial charge in [-0.1, -0.05) is 41.9 Å². The Morgan fingerprint density at radius 2 is 1.96 bits per heavy atom. The highest BCUT2D eigenvalue weighted by atomic mass is 35.5. The van der Waals surface area contributed by atoms with Crippen molar-refractivity contribution < 1.29 is 4.79 Å². The molecule has 0 aliphatic carbocycles. The summed E-state index contributed by atoms with van der Waals surface area (Å²) in [5.41, 5.74) is 3.10. The molecular weight excluding hydrogens is 366 g/mol. The fourth-order valence-electron chi connectivity index (χ4n) is 3.39. The lowest BCUT2D eigenvalue weighted by atomic mass is 10.1. The third kappa shape index (κ3) is 3.60. The van der Waals surface area contributed by atoms with Gasteiger partial charge in [-0.2, -0.15) is 11.8 Å². The Balaban J connectivity index is 1.44. The Kier molecular flexibility index (Phi) is 5.18. The van der Waals surface area contributed by atoms with E-state index in [1.54, 1.807) is 6.33 Å². The lowest BCUT2D eigenvalue weighted by Crippen LogP contribution is -2.35. The molecule has 1 saturated heterocycles. The molecule has 3 aromatic rings. The molecule has 1 aliphatic heterocycles. The summed E-state index contributed by atoms with van der Waals surface area (Å²) in [6.45, 7) is 1.87. The number of aromatic nitrogens is 2. The summed E-state index contributed by atoms with van der Waals surface area (Å²) in [6.07, 6.45) is 2.67. The van der Waals surface area contributed by atoms with Crippen molar-refractivity contribution in [3.05, 3.63) is 65.4 Å². The number of hydrogen-bond acceptors (Lipinski definition) is 3. The van der Waals surface area contributed by atoms with Crippen molar-refractivity contribution in [1.29, 1.82) is 0 Å². The quantitative estimate of drug-likeness (QED) is 0.670. The maximum absolute atomic E-state index is 12.8. The third-order valence-corrected chi connectivity index (χ3v) is 6.43. The van der Waals surface area contributed by atoms with Crippen molar-refractivity contribution in [3.63, 3.8) is 0 Å². The van der Waals surface area contributed by atoms with Crippen LogP contribution in [0.4, 0.5) is 0 Å². The minimum Gasteiger partial charge on any atom is -0.340 e. The molecule has 1 aromatic heterocycles. The van der Waals surface area contributed by atoms with E-state index in [1.807, 2.05) is 63.7 Å². The molecule has 4 rings (SSSR count). The maximum Gasteiger partial charge on any atom is 0.242 e. The molecule has 134 valence electrons. The Labute approximate surface area is 162 Å². The SMILES string of the molecule is O=C(Cn1cnc2ccccc21)N1CCSC(c2ccccc2Cl)CC1. The zero-order valence-corrected chi connectivity index (χ0v) is 15.9. The van der Waals surface area contributed by atoms with Gasteiger partial charge in [0, 0.05) is 29.1 Å². The number of fused-ring (bicyclic) bond motifs is 1. The summed E-state index contributed by atoms with van der Waals surface area (Å²) in [6, 6.07) is 15.9. The van der Waals surface area contributed by atoms with Crippen molar-refractivity contribution in [3.8, 4) is 0 Å². The van der Waals surface area contributed by atoms with E-state index in [9.17, 15) is 4.79 Å². The van der Waals surface area contributed by atoms with Crippen molar-refractivity contribution in [2.75, 3.05) is 18.8 Å². The fraction of sp³-hybridized carbons (Fsp3) is 0.300. The van der Waals surface area contributed by atoms with Gasteiger partial charge in [-0.15, -0.1) is 0 Å². The first-order valence-electron chi connectivity index (χ1n) is 8.76. The number of halogens is 1. The van der Waals surface area contributed by atoms with E-state index in [-0.39, 0.29) is 5.91 Å². The van der Waals surface area contributed by atoms with Crippen molar-refractivity contribution in [2.24, 2.45) is 0 Å². The first-order chi connectivity index (χ1) is 12.7. The van der Waals surface area contributed by atoms with E-state index in [2.05, 4.69) is 11.1 Å². The molecule has 4 nitrogen and oxygen atoms in total. The summed E-state index contributed by atoms with van der Waals surface area (Å²) in [5, 5.41) is 1.16. The number of thioether (sulfide) groups is 1. The molecule has 6 heteroatoms. The average molecular weight is 386 g/mol. The number of para-hydroxylation sites is 2. The normalized spacial score (nSPS) is 18.0. The number of carbonyl (C=O) groups excluding carboxylic acids is 1. The molecule has 2 heterocycles. The summed E-state index contributed by atoms with van der Waals surface area (Å²) in [4.78, 5) is 19.2. The van der Waals surface area contributed by atoms with Crippen molar-refractivity contribution in [2.45, 2.75) is 18.2 Å². The van der Waals surface area contributed by atoms with E-state index in [0.717, 1.165) is 41.3 Å². The van der Waals surface area contributed by atoms with Crippen LogP contribution in [-0.4, -0.2) is 39.2 Å². The van der Waals surface area contributed by atoms with Gasteiger partial charge in [0.15, 0.2) is 0 Å². The van der Waals surface area contributed by atoms with Crippen LogP contribution in [0.2, 0.25) is 5.02 Å². The van der Waals surface area contributed by atoms with Crippen LogP contribution in [0, 0.1) is 0 Å². The van der Waals surface area contributed by atoms with Crippen LogP contribution in [0.15, 0.2) is 54.9 Å². The summed E-state index contributed by atoms with van der Waals surface area (Å²) >= 11 is 8.24.